The summed E-state index contributed by atoms with van der Waals surface area (Å²) in [6.07, 6.45) is -3.83. The molecule has 3 N–H and O–H groups in total. The summed E-state index contributed by atoms with van der Waals surface area (Å²) in [6.45, 7) is -0.428. The van der Waals surface area contributed by atoms with E-state index in [0.717, 1.165) is 10.6 Å². The van der Waals surface area contributed by atoms with Gasteiger partial charge in [-0.15, -0.1) is 0 Å². The largest absolute Gasteiger partial charge is 0.477 e. The number of aliphatic hydroxyl groups excluding tert-OH is 2. The Bertz CT molecular complexity index is 598. The van der Waals surface area contributed by atoms with Crippen LogP contribution in [-0.2, 0) is 4.74 Å². The Hall–Kier alpha value is -1.97. The highest BCUT2D eigenvalue weighted by Gasteiger charge is 2.52. The second-order valence-corrected chi connectivity index (χ2v) is 4.26. The number of rotatable bonds is 2. The van der Waals surface area contributed by atoms with Crippen molar-refractivity contribution in [1.82, 2.24) is 9.55 Å². The van der Waals surface area contributed by atoms with Gasteiger partial charge in [0, 0.05) is 6.07 Å². The Morgan fingerprint density at radius 1 is 1.53 bits per heavy atom. The normalized spacial score (nSPS) is 31.7. The van der Waals surface area contributed by atoms with E-state index in [1.807, 2.05) is 0 Å². The number of aromatic nitrogens is 2. The second kappa shape index (κ2) is 4.02. The Balaban J connectivity index is 2.11. The van der Waals surface area contributed by atoms with Crippen molar-refractivity contribution in [3.05, 3.63) is 22.1 Å². The van der Waals surface area contributed by atoms with Gasteiger partial charge in [0.1, 0.15) is 17.9 Å². The number of hydrogen-bond acceptors (Lipinski definition) is 7. The van der Waals surface area contributed by atoms with Gasteiger partial charge in [0.05, 0.1) is 6.61 Å². The van der Waals surface area contributed by atoms with Gasteiger partial charge in [0.15, 0.2) is 12.3 Å². The highest BCUT2D eigenvalue weighted by atomic mass is 16.6. The monoisotopic (exact) mass is 270 g/mol. The van der Waals surface area contributed by atoms with Crippen LogP contribution in [0, 0.1) is 0 Å². The summed E-state index contributed by atoms with van der Waals surface area (Å²) in [5, 5.41) is 28.0. The molecule has 1 fully saturated rings. The van der Waals surface area contributed by atoms with Gasteiger partial charge >= 0.3 is 12.0 Å². The second-order valence-electron chi connectivity index (χ2n) is 4.26. The van der Waals surface area contributed by atoms with Crippen LogP contribution in [0.3, 0.4) is 0 Å². The van der Waals surface area contributed by atoms with Gasteiger partial charge in [0.25, 0.3) is 5.56 Å². The van der Waals surface area contributed by atoms with Gasteiger partial charge in [-0.3, -0.25) is 9.36 Å². The third kappa shape index (κ3) is 1.63. The minimum Gasteiger partial charge on any atom is -0.477 e. The first-order valence-electron chi connectivity index (χ1n) is 5.51. The molecule has 0 spiro atoms. The molecule has 2 aliphatic rings. The summed E-state index contributed by atoms with van der Waals surface area (Å²) in [7, 11) is 0. The van der Waals surface area contributed by atoms with E-state index in [-0.39, 0.29) is 11.7 Å². The molecule has 3 heterocycles. The van der Waals surface area contributed by atoms with Crippen molar-refractivity contribution in [3.8, 4) is 6.01 Å². The quantitative estimate of drug-likeness (QED) is 0.559. The van der Waals surface area contributed by atoms with Crippen LogP contribution in [-0.4, -0.2) is 55.8 Å². The molecule has 0 amide bonds. The minimum absolute atomic E-state index is 0.213. The van der Waals surface area contributed by atoms with Crippen LogP contribution in [0.4, 0.5) is 0 Å². The number of aliphatic hydroxyl groups is 2. The van der Waals surface area contributed by atoms with Gasteiger partial charge in [-0.25, -0.2) is 4.79 Å². The maximum absolute atomic E-state index is 11.3. The van der Waals surface area contributed by atoms with Crippen LogP contribution >= 0.6 is 0 Å². The van der Waals surface area contributed by atoms with Crippen LogP contribution in [0.15, 0.2) is 10.9 Å². The van der Waals surface area contributed by atoms with Crippen molar-refractivity contribution < 1.29 is 29.6 Å². The number of carboxylic acid groups (broad SMARTS) is 1. The summed E-state index contributed by atoms with van der Waals surface area (Å²) in [6, 6.07) is 0.634. The Labute approximate surface area is 105 Å². The molecule has 1 aromatic rings. The molecular weight excluding hydrogens is 260 g/mol. The van der Waals surface area contributed by atoms with Crippen molar-refractivity contribution in [1.29, 1.82) is 0 Å². The standard InChI is InChI=1S/C10H10N2O7/c13-2-4-6(15)7-8(18-4)12-3(9(16)17)1-5(14)11-10(12)19-7/h1,4,6-8,13,15H,2H2,(H,16,17)/t4-,6-,7+,8-/m1/s1. The van der Waals surface area contributed by atoms with E-state index in [9.17, 15) is 14.7 Å². The van der Waals surface area contributed by atoms with E-state index >= 15 is 0 Å². The van der Waals surface area contributed by atoms with Crippen molar-refractivity contribution in [2.75, 3.05) is 6.61 Å². The zero-order chi connectivity index (χ0) is 13.7. The van der Waals surface area contributed by atoms with E-state index in [0.29, 0.717) is 0 Å². The molecule has 1 aromatic heterocycles. The summed E-state index contributed by atoms with van der Waals surface area (Å²) in [5.41, 5.74) is -1.09. The topological polar surface area (TPSA) is 131 Å². The van der Waals surface area contributed by atoms with Crippen LogP contribution in [0.5, 0.6) is 6.01 Å². The first kappa shape index (κ1) is 12.1. The molecule has 9 nitrogen and oxygen atoms in total. The molecule has 0 aliphatic carbocycles. The molecule has 0 unspecified atom stereocenters. The number of carboxylic acids is 1. The highest BCUT2D eigenvalue weighted by Crippen LogP contribution is 2.39. The number of nitrogens with zero attached hydrogens (tertiary/aromatic N) is 2. The fourth-order valence-corrected chi connectivity index (χ4v) is 2.29. The van der Waals surface area contributed by atoms with E-state index in [2.05, 4.69) is 4.98 Å². The SMILES string of the molecule is O=C(O)c1cc(=O)nc2n1[C@@H]1O[C@H](CO)[C@@H](O)[C@@H]1O2. The molecule has 0 aromatic carbocycles. The molecule has 1 saturated heterocycles. The molecule has 19 heavy (non-hydrogen) atoms. The van der Waals surface area contributed by atoms with Crippen molar-refractivity contribution >= 4 is 5.97 Å². The fraction of sp³-hybridized carbons (Fsp3) is 0.500. The van der Waals surface area contributed by atoms with Crippen LogP contribution in [0.25, 0.3) is 0 Å². The molecule has 0 radical (unpaired) electrons. The molecule has 0 saturated carbocycles. The lowest BCUT2D eigenvalue weighted by molar-refractivity contribution is -0.0442. The summed E-state index contributed by atoms with van der Waals surface area (Å²) < 4.78 is 11.7. The number of aromatic carboxylic acids is 1. The molecule has 0 bridgehead atoms. The lowest BCUT2D eigenvalue weighted by Gasteiger charge is -2.15. The fourth-order valence-electron chi connectivity index (χ4n) is 2.29. The predicted octanol–water partition coefficient (Wildman–Crippen LogP) is -2.05. The number of ether oxygens (including phenoxy) is 2. The van der Waals surface area contributed by atoms with Crippen LogP contribution < -0.4 is 10.3 Å². The average molecular weight is 270 g/mol. The van der Waals surface area contributed by atoms with Gasteiger partial charge in [-0.1, -0.05) is 0 Å². The predicted molar refractivity (Wildman–Crippen MR) is 56.9 cm³/mol. The first-order valence-corrected chi connectivity index (χ1v) is 5.51. The molecule has 4 atom stereocenters. The van der Waals surface area contributed by atoms with Crippen molar-refractivity contribution in [2.24, 2.45) is 0 Å². The number of carbonyl (C=O) groups is 1. The van der Waals surface area contributed by atoms with Gasteiger partial charge in [-0.2, -0.15) is 4.98 Å². The first-order chi connectivity index (χ1) is 9.02. The molecule has 2 aliphatic heterocycles. The lowest BCUT2D eigenvalue weighted by Crippen LogP contribution is -2.34. The summed E-state index contributed by atoms with van der Waals surface area (Å²) >= 11 is 0. The summed E-state index contributed by atoms with van der Waals surface area (Å²) in [5.74, 6) is -1.34. The molecule has 3 rings (SSSR count). The van der Waals surface area contributed by atoms with E-state index < -0.39 is 42.7 Å². The van der Waals surface area contributed by atoms with Crippen molar-refractivity contribution in [2.45, 2.75) is 24.5 Å². The third-order valence-corrected chi connectivity index (χ3v) is 3.14. The number of hydrogen-bond donors (Lipinski definition) is 3. The van der Waals surface area contributed by atoms with Gasteiger partial charge < -0.3 is 24.8 Å². The zero-order valence-corrected chi connectivity index (χ0v) is 9.46. The molecule has 102 valence electrons. The maximum atomic E-state index is 11.3. The van der Waals surface area contributed by atoms with Gasteiger partial charge in [0.2, 0.25) is 0 Å². The smallest absolute Gasteiger partial charge is 0.352 e. The van der Waals surface area contributed by atoms with E-state index in [4.69, 9.17) is 19.7 Å². The average Bonchev–Trinajstić information content (AvgIpc) is 2.85. The zero-order valence-electron chi connectivity index (χ0n) is 9.46. The van der Waals surface area contributed by atoms with Crippen LogP contribution in [0.2, 0.25) is 0 Å². The number of fused-ring (bicyclic) bond motifs is 3. The van der Waals surface area contributed by atoms with Gasteiger partial charge in [-0.05, 0) is 0 Å². The highest BCUT2D eigenvalue weighted by molar-refractivity contribution is 5.85. The van der Waals surface area contributed by atoms with Crippen LogP contribution in [0.1, 0.15) is 16.7 Å². The lowest BCUT2D eigenvalue weighted by atomic mass is 10.1. The van der Waals surface area contributed by atoms with E-state index in [1.165, 1.54) is 0 Å². The van der Waals surface area contributed by atoms with Crippen molar-refractivity contribution in [3.63, 3.8) is 0 Å². The van der Waals surface area contributed by atoms with E-state index in [1.54, 1.807) is 0 Å². The summed E-state index contributed by atoms with van der Waals surface area (Å²) in [4.78, 5) is 25.9. The third-order valence-electron chi connectivity index (χ3n) is 3.14. The Morgan fingerprint density at radius 3 is 2.89 bits per heavy atom. The molecule has 9 heteroatoms. The maximum Gasteiger partial charge on any atom is 0.352 e. The minimum atomic E-state index is -1.34. The Kier molecular flexibility index (Phi) is 2.55. The Morgan fingerprint density at radius 2 is 2.26 bits per heavy atom. The molecular formula is C10H10N2O7.